The second-order valence-corrected chi connectivity index (χ2v) is 5.77. The molecule has 0 spiro atoms. The van der Waals surface area contributed by atoms with Crippen LogP contribution in [-0.2, 0) is 0 Å². The molecule has 0 atom stereocenters. The van der Waals surface area contributed by atoms with Gasteiger partial charge in [0.25, 0.3) is 11.8 Å². The zero-order chi connectivity index (χ0) is 18.7. The Morgan fingerprint density at radius 1 is 1.04 bits per heavy atom. The van der Waals surface area contributed by atoms with Crippen molar-refractivity contribution in [2.45, 2.75) is 6.92 Å². The normalized spacial score (nSPS) is 10.4. The van der Waals surface area contributed by atoms with Crippen LogP contribution < -0.4 is 10.9 Å². The van der Waals surface area contributed by atoms with Crippen molar-refractivity contribution in [1.82, 2.24) is 25.8 Å². The van der Waals surface area contributed by atoms with Gasteiger partial charge in [0.05, 0.1) is 16.9 Å². The highest BCUT2D eigenvalue weighted by Gasteiger charge is 2.18. The maximum absolute atomic E-state index is 12.3. The summed E-state index contributed by atoms with van der Waals surface area (Å²) in [5, 5.41) is 18.5. The van der Waals surface area contributed by atoms with Crippen molar-refractivity contribution >= 4 is 23.4 Å². The Hall–Kier alpha value is -3.39. The molecule has 0 aliphatic carbocycles. The molecule has 26 heavy (non-hydrogen) atoms. The highest BCUT2D eigenvalue weighted by Crippen LogP contribution is 2.15. The number of carbonyl (C=O) groups is 2. The number of hydrazine groups is 1. The van der Waals surface area contributed by atoms with Crippen molar-refractivity contribution in [1.29, 1.82) is 0 Å². The fraction of sp³-hybridized carbons (Fsp3) is 0.0588. The molecule has 0 fully saturated rings. The van der Waals surface area contributed by atoms with Gasteiger partial charge in [-0.1, -0.05) is 29.8 Å². The summed E-state index contributed by atoms with van der Waals surface area (Å²) >= 11 is 5.94. The fourth-order valence-corrected chi connectivity index (χ4v) is 2.39. The summed E-state index contributed by atoms with van der Waals surface area (Å²) in [4.78, 5) is 25.6. The number of phenolic OH excluding ortho intramolecular Hbond substituents is 1. The first-order chi connectivity index (χ1) is 12.5. The van der Waals surface area contributed by atoms with Gasteiger partial charge in [-0.15, -0.1) is 5.10 Å². The van der Waals surface area contributed by atoms with Crippen LogP contribution in [-0.4, -0.2) is 31.9 Å². The van der Waals surface area contributed by atoms with Gasteiger partial charge in [-0.3, -0.25) is 20.4 Å². The molecule has 1 aromatic heterocycles. The quantitative estimate of drug-likeness (QED) is 0.610. The largest absolute Gasteiger partial charge is 0.507 e. The summed E-state index contributed by atoms with van der Waals surface area (Å²) in [6.07, 6.45) is 0. The number of nitrogens with one attached hydrogen (secondary N) is 2. The van der Waals surface area contributed by atoms with E-state index in [1.807, 2.05) is 0 Å². The summed E-state index contributed by atoms with van der Waals surface area (Å²) in [5.74, 6) is -1.49. The zero-order valence-electron chi connectivity index (χ0n) is 13.6. The Kier molecular flexibility index (Phi) is 4.85. The first kappa shape index (κ1) is 17.4. The lowest BCUT2D eigenvalue weighted by Crippen LogP contribution is -2.42. The van der Waals surface area contributed by atoms with Crippen LogP contribution in [0.5, 0.6) is 5.75 Å². The van der Waals surface area contributed by atoms with Crippen molar-refractivity contribution in [3.05, 3.63) is 70.5 Å². The minimum Gasteiger partial charge on any atom is -0.507 e. The highest BCUT2D eigenvalue weighted by molar-refractivity contribution is 6.30. The minimum atomic E-state index is -0.656. The van der Waals surface area contributed by atoms with E-state index in [1.165, 1.54) is 16.9 Å². The maximum Gasteiger partial charge on any atom is 0.292 e. The van der Waals surface area contributed by atoms with E-state index in [1.54, 1.807) is 43.3 Å². The molecule has 2 amide bonds. The first-order valence-electron chi connectivity index (χ1n) is 7.54. The van der Waals surface area contributed by atoms with Gasteiger partial charge in [0.15, 0.2) is 5.69 Å². The molecule has 8 nitrogen and oxygen atoms in total. The maximum atomic E-state index is 12.3. The lowest BCUT2D eigenvalue weighted by atomic mass is 10.2. The average Bonchev–Trinajstić information content (AvgIpc) is 3.02. The molecular weight excluding hydrogens is 358 g/mol. The van der Waals surface area contributed by atoms with Crippen molar-refractivity contribution in [2.24, 2.45) is 0 Å². The SMILES string of the molecule is Cc1nn(-c2cccc(Cl)c2)nc1C(=O)NNC(=O)c1ccccc1O. The number of carbonyl (C=O) groups excluding carboxylic acids is 2. The van der Waals surface area contributed by atoms with Gasteiger partial charge in [-0.05, 0) is 37.3 Å². The number of amides is 2. The number of hydrogen-bond donors (Lipinski definition) is 3. The van der Waals surface area contributed by atoms with Crippen LogP contribution in [0.25, 0.3) is 5.69 Å². The Morgan fingerprint density at radius 3 is 2.50 bits per heavy atom. The molecule has 0 bridgehead atoms. The molecule has 3 aromatic rings. The summed E-state index contributed by atoms with van der Waals surface area (Å²) < 4.78 is 0. The van der Waals surface area contributed by atoms with Crippen LogP contribution in [0, 0.1) is 6.92 Å². The molecule has 0 saturated heterocycles. The van der Waals surface area contributed by atoms with E-state index in [2.05, 4.69) is 21.0 Å². The van der Waals surface area contributed by atoms with E-state index in [4.69, 9.17) is 11.6 Å². The topological polar surface area (TPSA) is 109 Å². The molecule has 0 unspecified atom stereocenters. The van der Waals surface area contributed by atoms with Crippen molar-refractivity contribution in [3.8, 4) is 11.4 Å². The van der Waals surface area contributed by atoms with Crippen molar-refractivity contribution in [3.63, 3.8) is 0 Å². The predicted molar refractivity (Wildman–Crippen MR) is 94.1 cm³/mol. The number of aromatic hydroxyl groups is 1. The third-order valence-corrected chi connectivity index (χ3v) is 3.71. The molecule has 3 rings (SSSR count). The Bertz CT molecular complexity index is 986. The van der Waals surface area contributed by atoms with Gasteiger partial charge in [0.2, 0.25) is 0 Å². The summed E-state index contributed by atoms with van der Waals surface area (Å²) in [6.45, 7) is 1.62. The number of nitrogens with zero attached hydrogens (tertiary/aromatic N) is 3. The number of hydrogen-bond acceptors (Lipinski definition) is 5. The number of phenols is 1. The molecule has 0 saturated carbocycles. The van der Waals surface area contributed by atoms with E-state index < -0.39 is 11.8 Å². The summed E-state index contributed by atoms with van der Waals surface area (Å²) in [7, 11) is 0. The van der Waals surface area contributed by atoms with Crippen LogP contribution in [0.3, 0.4) is 0 Å². The zero-order valence-corrected chi connectivity index (χ0v) is 14.4. The molecule has 3 N–H and O–H groups in total. The monoisotopic (exact) mass is 371 g/mol. The molecule has 2 aromatic carbocycles. The number of aromatic nitrogens is 3. The van der Waals surface area contributed by atoms with Gasteiger partial charge >= 0.3 is 0 Å². The van der Waals surface area contributed by atoms with Gasteiger partial charge in [-0.25, -0.2) is 0 Å². The first-order valence-corrected chi connectivity index (χ1v) is 7.92. The molecule has 0 radical (unpaired) electrons. The van der Waals surface area contributed by atoms with E-state index >= 15 is 0 Å². The number of halogens is 1. The van der Waals surface area contributed by atoms with Gasteiger partial charge in [0.1, 0.15) is 5.75 Å². The van der Waals surface area contributed by atoms with E-state index in [0.717, 1.165) is 0 Å². The number of rotatable bonds is 3. The Morgan fingerprint density at radius 2 is 1.77 bits per heavy atom. The predicted octanol–water partition coefficient (Wildman–Crippen LogP) is 2.01. The van der Waals surface area contributed by atoms with Crippen LogP contribution in [0.1, 0.15) is 26.5 Å². The molecular formula is C17H14ClN5O3. The Balaban J connectivity index is 1.73. The Labute approximate surface area is 153 Å². The fourth-order valence-electron chi connectivity index (χ4n) is 2.21. The number of para-hydroxylation sites is 1. The standard InChI is InChI=1S/C17H14ClN5O3/c1-10-15(22-23(21-10)12-6-4-5-11(18)9-12)17(26)20-19-16(25)13-7-2-3-8-14(13)24/h2-9,24H,1H3,(H,19,25)(H,20,26). The molecule has 0 aliphatic rings. The molecule has 1 heterocycles. The van der Waals surface area contributed by atoms with Crippen LogP contribution in [0.4, 0.5) is 0 Å². The smallest absolute Gasteiger partial charge is 0.292 e. The van der Waals surface area contributed by atoms with Crippen molar-refractivity contribution in [2.75, 3.05) is 0 Å². The lowest BCUT2D eigenvalue weighted by molar-refractivity contribution is 0.0841. The van der Waals surface area contributed by atoms with E-state index in [0.29, 0.717) is 16.4 Å². The number of benzene rings is 2. The summed E-state index contributed by atoms with van der Waals surface area (Å²) in [6, 6.07) is 12.8. The molecule has 132 valence electrons. The average molecular weight is 372 g/mol. The number of aryl methyl sites for hydroxylation is 1. The minimum absolute atomic E-state index is 0.0344. The van der Waals surface area contributed by atoms with Gasteiger partial charge in [-0.2, -0.15) is 9.90 Å². The lowest BCUT2D eigenvalue weighted by Gasteiger charge is -2.07. The second-order valence-electron chi connectivity index (χ2n) is 5.33. The van der Waals surface area contributed by atoms with Crippen LogP contribution in [0.15, 0.2) is 48.5 Å². The molecule has 0 aliphatic heterocycles. The third kappa shape index (κ3) is 3.65. The highest BCUT2D eigenvalue weighted by atomic mass is 35.5. The van der Waals surface area contributed by atoms with Crippen molar-refractivity contribution < 1.29 is 14.7 Å². The van der Waals surface area contributed by atoms with Crippen LogP contribution >= 0.6 is 11.6 Å². The third-order valence-electron chi connectivity index (χ3n) is 3.47. The van der Waals surface area contributed by atoms with Crippen LogP contribution in [0.2, 0.25) is 5.02 Å². The summed E-state index contributed by atoms with van der Waals surface area (Å²) in [5.41, 5.74) is 5.52. The van der Waals surface area contributed by atoms with E-state index in [-0.39, 0.29) is 17.0 Å². The molecule has 9 heteroatoms. The van der Waals surface area contributed by atoms with Gasteiger partial charge in [0, 0.05) is 5.02 Å². The van der Waals surface area contributed by atoms with E-state index in [9.17, 15) is 14.7 Å². The second kappa shape index (κ2) is 7.24. The van der Waals surface area contributed by atoms with Gasteiger partial charge < -0.3 is 5.11 Å².